The Morgan fingerprint density at radius 1 is 1.50 bits per heavy atom. The minimum absolute atomic E-state index is 0.402. The Morgan fingerprint density at radius 3 is 2.72 bits per heavy atom. The molecule has 7 heteroatoms. The van der Waals surface area contributed by atoms with Crippen LogP contribution in [0.3, 0.4) is 0 Å². The lowest BCUT2D eigenvalue weighted by Crippen LogP contribution is -2.41. The van der Waals surface area contributed by atoms with Crippen molar-refractivity contribution in [1.29, 1.82) is 0 Å². The van der Waals surface area contributed by atoms with Crippen LogP contribution >= 0.6 is 15.9 Å². The molecule has 0 aliphatic heterocycles. The summed E-state index contributed by atoms with van der Waals surface area (Å²) in [6.07, 6.45) is -5.42. The molecule has 18 heavy (non-hydrogen) atoms. The summed E-state index contributed by atoms with van der Waals surface area (Å²) < 4.78 is 41.7. The Labute approximate surface area is 110 Å². The number of hydrogen-bond donors (Lipinski definition) is 1. The first-order valence-corrected chi connectivity index (χ1v) is 5.84. The van der Waals surface area contributed by atoms with Crippen LogP contribution in [0.2, 0.25) is 0 Å². The van der Waals surface area contributed by atoms with Gasteiger partial charge in [-0.25, -0.2) is 0 Å². The van der Waals surface area contributed by atoms with E-state index in [4.69, 9.17) is 4.74 Å². The highest BCUT2D eigenvalue weighted by Crippen LogP contribution is 2.19. The highest BCUT2D eigenvalue weighted by atomic mass is 79.9. The third kappa shape index (κ3) is 5.39. The minimum Gasteiger partial charge on any atom is -0.481 e. The molecule has 1 rings (SSSR count). The molecule has 1 unspecified atom stereocenters. The van der Waals surface area contributed by atoms with E-state index in [2.05, 4.69) is 15.9 Å². The van der Waals surface area contributed by atoms with Crippen molar-refractivity contribution in [3.05, 3.63) is 28.7 Å². The zero-order valence-corrected chi connectivity index (χ0v) is 11.0. The summed E-state index contributed by atoms with van der Waals surface area (Å²) in [5.41, 5.74) is 0. The first-order chi connectivity index (χ1) is 8.28. The number of rotatable bonds is 4. The van der Waals surface area contributed by atoms with E-state index in [-0.39, 0.29) is 0 Å². The van der Waals surface area contributed by atoms with Gasteiger partial charge in [0.1, 0.15) is 12.3 Å². The largest absolute Gasteiger partial charge is 0.481 e. The number of ether oxygens (including phenoxy) is 1. The van der Waals surface area contributed by atoms with Crippen LogP contribution < -0.4 is 10.1 Å². The van der Waals surface area contributed by atoms with E-state index >= 15 is 0 Å². The minimum atomic E-state index is -4.43. The van der Waals surface area contributed by atoms with Gasteiger partial charge in [0.05, 0.1) is 0 Å². The number of benzene rings is 1. The molecule has 1 aromatic carbocycles. The summed E-state index contributed by atoms with van der Waals surface area (Å²) in [5, 5.41) is 1.76. The van der Waals surface area contributed by atoms with Gasteiger partial charge in [0.25, 0.3) is 5.91 Å². The highest BCUT2D eigenvalue weighted by Gasteiger charge is 2.29. The maximum atomic E-state index is 11.9. The highest BCUT2D eigenvalue weighted by molar-refractivity contribution is 9.10. The number of carbonyl (C=O) groups is 1. The van der Waals surface area contributed by atoms with E-state index in [0.717, 1.165) is 4.47 Å². The van der Waals surface area contributed by atoms with Gasteiger partial charge >= 0.3 is 6.18 Å². The third-order valence-corrected chi connectivity index (χ3v) is 2.43. The Bertz CT molecular complexity index is 423. The van der Waals surface area contributed by atoms with Crippen molar-refractivity contribution < 1.29 is 22.7 Å². The molecule has 1 N–H and O–H groups in total. The summed E-state index contributed by atoms with van der Waals surface area (Å²) in [4.78, 5) is 11.3. The number of alkyl halides is 3. The van der Waals surface area contributed by atoms with Gasteiger partial charge in [0.2, 0.25) is 0 Å². The van der Waals surface area contributed by atoms with Crippen molar-refractivity contribution in [2.75, 3.05) is 6.54 Å². The molecule has 0 aliphatic rings. The zero-order valence-electron chi connectivity index (χ0n) is 9.42. The molecule has 0 radical (unpaired) electrons. The number of carbonyl (C=O) groups excluding carboxylic acids is 1. The Balaban J connectivity index is 2.50. The van der Waals surface area contributed by atoms with E-state index in [0.29, 0.717) is 5.75 Å². The van der Waals surface area contributed by atoms with Gasteiger partial charge in [-0.05, 0) is 25.1 Å². The summed E-state index contributed by atoms with van der Waals surface area (Å²) in [7, 11) is 0. The van der Waals surface area contributed by atoms with Gasteiger partial charge in [0.15, 0.2) is 6.10 Å². The molecule has 0 aliphatic carbocycles. The van der Waals surface area contributed by atoms with Gasteiger partial charge in [-0.3, -0.25) is 4.79 Å². The van der Waals surface area contributed by atoms with Crippen LogP contribution in [0.1, 0.15) is 6.92 Å². The van der Waals surface area contributed by atoms with Crippen molar-refractivity contribution in [2.24, 2.45) is 0 Å². The van der Waals surface area contributed by atoms with Crippen LogP contribution in [0.25, 0.3) is 0 Å². The standard InChI is InChI=1S/C11H11BrF3NO2/c1-7(10(17)16-6-11(13,14)15)18-9-4-2-3-8(12)5-9/h2-5,7H,6H2,1H3,(H,16,17). The normalized spacial score (nSPS) is 12.9. The molecule has 3 nitrogen and oxygen atoms in total. The predicted octanol–water partition coefficient (Wildman–Crippen LogP) is 2.89. The van der Waals surface area contributed by atoms with Crippen molar-refractivity contribution in [1.82, 2.24) is 5.32 Å². The average molecular weight is 326 g/mol. The summed E-state index contributed by atoms with van der Waals surface area (Å²) in [6.45, 7) is 0.0185. The zero-order chi connectivity index (χ0) is 13.8. The SMILES string of the molecule is CC(Oc1cccc(Br)c1)C(=O)NCC(F)(F)F. The summed E-state index contributed by atoms with van der Waals surface area (Å²) in [5.74, 6) is -0.411. The topological polar surface area (TPSA) is 38.3 Å². The van der Waals surface area contributed by atoms with Crippen LogP contribution in [-0.4, -0.2) is 24.7 Å². The number of nitrogens with one attached hydrogen (secondary N) is 1. The smallest absolute Gasteiger partial charge is 0.405 e. The second-order valence-electron chi connectivity index (χ2n) is 3.55. The van der Waals surface area contributed by atoms with E-state index in [1.807, 2.05) is 0 Å². The Hall–Kier alpha value is -1.24. The molecule has 0 bridgehead atoms. The van der Waals surface area contributed by atoms with E-state index in [9.17, 15) is 18.0 Å². The van der Waals surface area contributed by atoms with Crippen LogP contribution in [0, 0.1) is 0 Å². The number of halogens is 4. The quantitative estimate of drug-likeness (QED) is 0.924. The van der Waals surface area contributed by atoms with Crippen molar-refractivity contribution in [2.45, 2.75) is 19.2 Å². The molecule has 1 atom stereocenters. The average Bonchev–Trinajstić information content (AvgIpc) is 2.24. The van der Waals surface area contributed by atoms with Crippen LogP contribution in [0.4, 0.5) is 13.2 Å². The van der Waals surface area contributed by atoms with Crippen LogP contribution in [0.15, 0.2) is 28.7 Å². The fourth-order valence-corrected chi connectivity index (χ4v) is 1.51. The van der Waals surface area contributed by atoms with Gasteiger partial charge in [-0.2, -0.15) is 13.2 Å². The summed E-state index contributed by atoms with van der Waals surface area (Å²) in [6, 6.07) is 6.69. The molecule has 0 heterocycles. The maximum absolute atomic E-state index is 11.9. The molecule has 0 fully saturated rings. The molecule has 0 saturated heterocycles. The molecule has 1 amide bonds. The first-order valence-electron chi connectivity index (χ1n) is 5.04. The molecular formula is C11H11BrF3NO2. The lowest BCUT2D eigenvalue weighted by Gasteiger charge is -2.15. The van der Waals surface area contributed by atoms with E-state index in [1.165, 1.54) is 6.92 Å². The maximum Gasteiger partial charge on any atom is 0.405 e. The van der Waals surface area contributed by atoms with Crippen molar-refractivity contribution >= 4 is 21.8 Å². The van der Waals surface area contributed by atoms with E-state index in [1.54, 1.807) is 29.6 Å². The van der Waals surface area contributed by atoms with Gasteiger partial charge in [-0.15, -0.1) is 0 Å². The first kappa shape index (κ1) is 14.8. The Morgan fingerprint density at radius 2 is 2.17 bits per heavy atom. The number of hydrogen-bond acceptors (Lipinski definition) is 2. The summed E-state index contributed by atoms with van der Waals surface area (Å²) >= 11 is 3.22. The van der Waals surface area contributed by atoms with Gasteiger partial charge in [-0.1, -0.05) is 22.0 Å². The van der Waals surface area contributed by atoms with Crippen LogP contribution in [0.5, 0.6) is 5.75 Å². The molecular weight excluding hydrogens is 315 g/mol. The molecule has 0 saturated carbocycles. The fourth-order valence-electron chi connectivity index (χ4n) is 1.13. The lowest BCUT2D eigenvalue weighted by molar-refractivity contribution is -0.142. The Kier molecular flexibility index (Phi) is 5.01. The lowest BCUT2D eigenvalue weighted by atomic mass is 10.3. The fraction of sp³-hybridized carbons (Fsp3) is 0.364. The van der Waals surface area contributed by atoms with Gasteiger partial charge < -0.3 is 10.1 Å². The van der Waals surface area contributed by atoms with Crippen molar-refractivity contribution in [3.63, 3.8) is 0 Å². The molecule has 0 spiro atoms. The predicted molar refractivity (Wildman–Crippen MR) is 63.3 cm³/mol. The van der Waals surface area contributed by atoms with Gasteiger partial charge in [0, 0.05) is 4.47 Å². The molecule has 0 aromatic heterocycles. The molecule has 1 aromatic rings. The monoisotopic (exact) mass is 325 g/mol. The number of amides is 1. The second kappa shape index (κ2) is 6.08. The molecule has 100 valence electrons. The van der Waals surface area contributed by atoms with Crippen LogP contribution in [-0.2, 0) is 4.79 Å². The van der Waals surface area contributed by atoms with E-state index < -0.39 is 24.7 Å². The second-order valence-corrected chi connectivity index (χ2v) is 4.47. The van der Waals surface area contributed by atoms with Crippen molar-refractivity contribution in [3.8, 4) is 5.75 Å². The third-order valence-electron chi connectivity index (χ3n) is 1.94.